The van der Waals surface area contributed by atoms with Gasteiger partial charge >= 0.3 is 11.6 Å². The summed E-state index contributed by atoms with van der Waals surface area (Å²) < 4.78 is 11.8. The first-order valence-corrected chi connectivity index (χ1v) is 8.64. The average molecular weight is 403 g/mol. The van der Waals surface area contributed by atoms with Crippen LogP contribution < -0.4 is 15.8 Å². The molecular formula is C17H16BBrN2O4. The van der Waals surface area contributed by atoms with E-state index in [2.05, 4.69) is 25.9 Å². The van der Waals surface area contributed by atoms with Crippen LogP contribution >= 0.6 is 15.9 Å². The fraction of sp³-hybridized carbons (Fsp3) is 0.235. The first kappa shape index (κ1) is 17.5. The molecule has 128 valence electrons. The summed E-state index contributed by atoms with van der Waals surface area (Å²) in [5, 5.41) is 10.6. The summed E-state index contributed by atoms with van der Waals surface area (Å²) >= 11 is 3.46. The van der Waals surface area contributed by atoms with Crippen molar-refractivity contribution in [2.75, 3.05) is 0 Å². The number of rotatable bonds is 4. The van der Waals surface area contributed by atoms with Crippen LogP contribution in [0.3, 0.4) is 0 Å². The Morgan fingerprint density at radius 2 is 2.08 bits per heavy atom. The second kappa shape index (κ2) is 6.88. The highest BCUT2D eigenvalue weighted by Gasteiger charge is 2.17. The van der Waals surface area contributed by atoms with Gasteiger partial charge in [-0.2, -0.15) is 9.97 Å². The van der Waals surface area contributed by atoms with Crippen LogP contribution in [-0.2, 0) is 6.42 Å². The van der Waals surface area contributed by atoms with Crippen molar-refractivity contribution in [3.05, 3.63) is 50.3 Å². The summed E-state index contributed by atoms with van der Waals surface area (Å²) in [5.41, 5.74) is 2.14. The number of hydrogen-bond acceptors (Lipinski definition) is 6. The summed E-state index contributed by atoms with van der Waals surface area (Å²) in [6.07, 6.45) is 0.196. The van der Waals surface area contributed by atoms with Crippen molar-refractivity contribution in [2.45, 2.75) is 26.4 Å². The fourth-order valence-electron chi connectivity index (χ4n) is 2.66. The number of aryl methyl sites for hydroxylation is 1. The van der Waals surface area contributed by atoms with Crippen LogP contribution in [0.25, 0.3) is 11.1 Å². The van der Waals surface area contributed by atoms with Crippen LogP contribution in [0.15, 0.2) is 37.9 Å². The molecule has 0 radical (unpaired) electrons. The minimum atomic E-state index is -0.524. The third-order valence-electron chi connectivity index (χ3n) is 3.84. The molecule has 2 aromatic heterocycles. The summed E-state index contributed by atoms with van der Waals surface area (Å²) in [4.78, 5) is 19.8. The molecule has 0 unspecified atom stereocenters. The number of nitrogens with zero attached hydrogens (tertiary/aromatic N) is 2. The maximum Gasteiger partial charge on any atom is 0.337 e. The predicted octanol–water partition coefficient (Wildman–Crippen LogP) is 2.01. The fourth-order valence-corrected chi connectivity index (χ4v) is 3.29. The van der Waals surface area contributed by atoms with Gasteiger partial charge in [0.25, 0.3) is 0 Å². The Labute approximate surface area is 153 Å². The molecule has 0 saturated carbocycles. The van der Waals surface area contributed by atoms with Gasteiger partial charge in [-0.15, -0.1) is 0 Å². The van der Waals surface area contributed by atoms with E-state index in [0.29, 0.717) is 17.4 Å². The number of halogens is 1. The van der Waals surface area contributed by atoms with E-state index in [4.69, 9.17) is 9.15 Å². The lowest BCUT2D eigenvalue weighted by Gasteiger charge is -2.15. The molecule has 0 aliphatic carbocycles. The maximum atomic E-state index is 11.6. The molecule has 3 aromatic rings. The molecule has 0 fully saturated rings. The largest absolute Gasteiger partial charge is 0.493 e. The van der Waals surface area contributed by atoms with E-state index < -0.39 is 5.63 Å². The highest BCUT2D eigenvalue weighted by Crippen LogP contribution is 2.28. The number of hydrogen-bond donors (Lipinski definition) is 1. The van der Waals surface area contributed by atoms with Gasteiger partial charge in [0, 0.05) is 10.5 Å². The van der Waals surface area contributed by atoms with Gasteiger partial charge in [0.1, 0.15) is 19.3 Å². The van der Waals surface area contributed by atoms with Crippen molar-refractivity contribution in [2.24, 2.45) is 0 Å². The van der Waals surface area contributed by atoms with Gasteiger partial charge in [-0.05, 0) is 30.5 Å². The highest BCUT2D eigenvalue weighted by molar-refractivity contribution is 9.10. The molecule has 1 aromatic carbocycles. The van der Waals surface area contributed by atoms with E-state index in [9.17, 15) is 9.90 Å². The first-order valence-electron chi connectivity index (χ1n) is 7.85. The van der Waals surface area contributed by atoms with Crippen LogP contribution in [0.2, 0.25) is 0 Å². The molecule has 0 saturated heterocycles. The third-order valence-corrected chi connectivity index (χ3v) is 4.30. The maximum absolute atomic E-state index is 11.6. The molecule has 3 rings (SSSR count). The molecule has 1 N–H and O–H groups in total. The average Bonchev–Trinajstić information content (AvgIpc) is 2.52. The van der Waals surface area contributed by atoms with Crippen LogP contribution in [0.4, 0.5) is 0 Å². The SMILES string of the molecule is Bc1cc(Br)cc([C@@H](C)Oc2nc(O)c3c(CC)cc(=O)oc3n2)c1. The lowest BCUT2D eigenvalue weighted by atomic mass is 9.93. The summed E-state index contributed by atoms with van der Waals surface area (Å²) in [7, 11) is 1.99. The van der Waals surface area contributed by atoms with Gasteiger partial charge in [-0.3, -0.25) is 0 Å². The van der Waals surface area contributed by atoms with Gasteiger partial charge in [0.05, 0.1) is 0 Å². The highest BCUT2D eigenvalue weighted by atomic mass is 79.9. The van der Waals surface area contributed by atoms with Crippen LogP contribution in [0, 0.1) is 0 Å². The smallest absolute Gasteiger partial charge is 0.337 e. The van der Waals surface area contributed by atoms with Gasteiger partial charge in [0.2, 0.25) is 11.6 Å². The zero-order valence-electron chi connectivity index (χ0n) is 14.0. The molecule has 0 spiro atoms. The number of aromatic nitrogens is 2. The van der Waals surface area contributed by atoms with Crippen molar-refractivity contribution in [3.63, 3.8) is 0 Å². The summed E-state index contributed by atoms with van der Waals surface area (Å²) in [6, 6.07) is 7.21. The minimum Gasteiger partial charge on any atom is -0.493 e. The predicted molar refractivity (Wildman–Crippen MR) is 100 cm³/mol. The second-order valence-corrected chi connectivity index (χ2v) is 6.69. The van der Waals surface area contributed by atoms with E-state index in [0.717, 1.165) is 15.5 Å². The Hall–Kier alpha value is -2.35. The van der Waals surface area contributed by atoms with E-state index >= 15 is 0 Å². The molecule has 0 amide bonds. The topological polar surface area (TPSA) is 85.5 Å². The van der Waals surface area contributed by atoms with Crippen molar-refractivity contribution in [1.29, 1.82) is 0 Å². The molecular weight excluding hydrogens is 387 g/mol. The van der Waals surface area contributed by atoms with Crippen molar-refractivity contribution in [1.82, 2.24) is 9.97 Å². The molecule has 6 nitrogen and oxygen atoms in total. The van der Waals surface area contributed by atoms with E-state index in [-0.39, 0.29) is 23.7 Å². The zero-order chi connectivity index (χ0) is 18.1. The van der Waals surface area contributed by atoms with Crippen molar-refractivity contribution < 1.29 is 14.3 Å². The lowest BCUT2D eigenvalue weighted by molar-refractivity contribution is 0.205. The quantitative estimate of drug-likeness (QED) is 0.672. The summed E-state index contributed by atoms with van der Waals surface area (Å²) in [6.45, 7) is 3.72. The normalized spacial score (nSPS) is 12.3. The van der Waals surface area contributed by atoms with Gasteiger partial charge in [-0.25, -0.2) is 4.79 Å². The standard InChI is InChI=1S/C17H16BBrN2O4/c1-3-9-6-13(22)25-16-14(9)15(23)20-17(21-16)24-8(2)10-4-11(18)7-12(19)5-10/h4-8H,3,18H2,1-2H3,(H,20,21,23)/t8-/m1/s1. The number of aromatic hydroxyl groups is 1. The number of fused-ring (bicyclic) bond motifs is 1. The molecule has 0 aliphatic heterocycles. The number of ether oxygens (including phenoxy) is 1. The molecule has 1 atom stereocenters. The summed E-state index contributed by atoms with van der Waals surface area (Å²) in [5.74, 6) is -0.266. The Balaban J connectivity index is 2.00. The van der Waals surface area contributed by atoms with Gasteiger partial charge in [-0.1, -0.05) is 40.4 Å². The Kier molecular flexibility index (Phi) is 4.81. The molecule has 8 heteroatoms. The van der Waals surface area contributed by atoms with Crippen molar-refractivity contribution in [3.8, 4) is 11.9 Å². The van der Waals surface area contributed by atoms with Crippen LogP contribution in [0.1, 0.15) is 31.1 Å². The Morgan fingerprint density at radius 1 is 1.32 bits per heavy atom. The molecule has 0 bridgehead atoms. The van der Waals surface area contributed by atoms with E-state index in [1.54, 1.807) is 0 Å². The van der Waals surface area contributed by atoms with Crippen LogP contribution in [0.5, 0.6) is 11.9 Å². The lowest BCUT2D eigenvalue weighted by Crippen LogP contribution is -2.11. The van der Waals surface area contributed by atoms with Gasteiger partial charge < -0.3 is 14.3 Å². The zero-order valence-corrected chi connectivity index (χ0v) is 15.6. The second-order valence-electron chi connectivity index (χ2n) is 5.78. The Bertz CT molecular complexity index is 986. The number of benzene rings is 1. The first-order chi connectivity index (χ1) is 11.9. The monoisotopic (exact) mass is 402 g/mol. The van der Waals surface area contributed by atoms with E-state index in [1.165, 1.54) is 6.07 Å². The van der Waals surface area contributed by atoms with Crippen LogP contribution in [-0.4, -0.2) is 22.9 Å². The molecule has 2 heterocycles. The molecule has 0 aliphatic rings. The third kappa shape index (κ3) is 3.68. The Morgan fingerprint density at radius 3 is 2.76 bits per heavy atom. The minimum absolute atomic E-state index is 0.0180. The van der Waals surface area contributed by atoms with Crippen molar-refractivity contribution >= 4 is 40.3 Å². The van der Waals surface area contributed by atoms with Gasteiger partial charge in [0.15, 0.2) is 0 Å². The van der Waals surface area contributed by atoms with E-state index in [1.807, 2.05) is 39.9 Å². The molecule has 25 heavy (non-hydrogen) atoms.